The van der Waals surface area contributed by atoms with Gasteiger partial charge in [0.2, 0.25) is 5.88 Å². The van der Waals surface area contributed by atoms with E-state index in [2.05, 4.69) is 16.3 Å². The summed E-state index contributed by atoms with van der Waals surface area (Å²) in [5.74, 6) is 0.925. The minimum Gasteiger partial charge on any atom is -0.437 e. The predicted molar refractivity (Wildman–Crippen MR) is 83.2 cm³/mol. The van der Waals surface area contributed by atoms with Crippen LogP contribution in [0.25, 0.3) is 0 Å². The van der Waals surface area contributed by atoms with Crippen molar-refractivity contribution in [1.29, 1.82) is 5.41 Å². The number of nitrogen functional groups attached to an aromatic ring is 1. The molecule has 0 amide bonds. The second-order valence-corrected chi connectivity index (χ2v) is 5.31. The van der Waals surface area contributed by atoms with Crippen LogP contribution in [0.4, 0.5) is 0 Å². The second-order valence-electron chi connectivity index (χ2n) is 5.31. The van der Waals surface area contributed by atoms with E-state index < -0.39 is 0 Å². The molecule has 1 aromatic heterocycles. The van der Waals surface area contributed by atoms with Crippen LogP contribution < -0.4 is 10.5 Å². The number of nitrogens with zero attached hydrogens (tertiary/aromatic N) is 2. The maximum Gasteiger partial charge on any atom is 0.250 e. The van der Waals surface area contributed by atoms with E-state index in [0.29, 0.717) is 11.3 Å². The lowest BCUT2D eigenvalue weighted by molar-refractivity contribution is 0.448. The summed E-state index contributed by atoms with van der Waals surface area (Å²) in [6.45, 7) is 9.74. The van der Waals surface area contributed by atoms with Crippen LogP contribution in [0, 0.1) is 40.0 Å². The predicted octanol–water partition coefficient (Wildman–Crippen LogP) is 3.10. The summed E-state index contributed by atoms with van der Waals surface area (Å²) in [6.07, 6.45) is 0. The van der Waals surface area contributed by atoms with Crippen LogP contribution in [-0.2, 0) is 0 Å². The van der Waals surface area contributed by atoms with E-state index in [1.54, 1.807) is 0 Å². The zero-order valence-corrected chi connectivity index (χ0v) is 13.0. The van der Waals surface area contributed by atoms with Gasteiger partial charge in [-0.3, -0.25) is 5.41 Å². The molecular formula is C16H20N4O. The van der Waals surface area contributed by atoms with Crippen LogP contribution in [-0.4, -0.2) is 16.0 Å². The largest absolute Gasteiger partial charge is 0.437 e. The average Bonchev–Trinajstić information content (AvgIpc) is 2.39. The van der Waals surface area contributed by atoms with Crippen molar-refractivity contribution in [3.8, 4) is 11.6 Å². The van der Waals surface area contributed by atoms with Gasteiger partial charge in [-0.1, -0.05) is 6.07 Å². The van der Waals surface area contributed by atoms with E-state index in [1.807, 2.05) is 40.7 Å². The van der Waals surface area contributed by atoms with Crippen molar-refractivity contribution in [3.63, 3.8) is 0 Å². The minimum atomic E-state index is -0.0671. The molecule has 0 spiro atoms. The van der Waals surface area contributed by atoms with E-state index in [9.17, 15) is 0 Å². The molecule has 5 nitrogen and oxygen atoms in total. The molecule has 0 saturated heterocycles. The molecule has 0 atom stereocenters. The number of hydrogen-bond donors (Lipinski definition) is 2. The molecule has 2 aromatic rings. The number of benzene rings is 1. The lowest BCUT2D eigenvalue weighted by Crippen LogP contribution is -2.17. The van der Waals surface area contributed by atoms with Gasteiger partial charge in [-0.2, -0.15) is 5.10 Å². The monoisotopic (exact) mass is 284 g/mol. The molecule has 1 heterocycles. The minimum absolute atomic E-state index is 0.0671. The number of hydrogen-bond acceptors (Lipinski definition) is 4. The molecule has 2 rings (SSSR count). The highest BCUT2D eigenvalue weighted by Crippen LogP contribution is 2.30. The Labute approximate surface area is 124 Å². The van der Waals surface area contributed by atoms with E-state index in [-0.39, 0.29) is 11.7 Å². The summed E-state index contributed by atoms with van der Waals surface area (Å²) in [5, 5.41) is 15.9. The fourth-order valence-electron chi connectivity index (χ4n) is 2.19. The Hall–Kier alpha value is -2.43. The standard InChI is InChI=1S/C16H20N4O/c1-8-6-9(2)10(3)13(7-8)21-16-14(15(17)18)11(4)12(5)19-20-16/h6-7H,1-5H3,(H3,17,18). The molecule has 0 bridgehead atoms. The van der Waals surface area contributed by atoms with Gasteiger partial charge < -0.3 is 10.5 Å². The zero-order valence-electron chi connectivity index (χ0n) is 13.0. The Bertz CT molecular complexity index is 723. The fourth-order valence-corrected chi connectivity index (χ4v) is 2.19. The first-order chi connectivity index (χ1) is 9.81. The van der Waals surface area contributed by atoms with E-state index in [0.717, 1.165) is 27.9 Å². The number of nitrogens with one attached hydrogen (secondary N) is 1. The van der Waals surface area contributed by atoms with Crippen molar-refractivity contribution in [1.82, 2.24) is 10.2 Å². The Morgan fingerprint density at radius 1 is 1.05 bits per heavy atom. The van der Waals surface area contributed by atoms with Crippen LogP contribution >= 0.6 is 0 Å². The highest BCUT2D eigenvalue weighted by molar-refractivity contribution is 5.98. The summed E-state index contributed by atoms with van der Waals surface area (Å²) < 4.78 is 5.90. The molecule has 3 N–H and O–H groups in total. The van der Waals surface area contributed by atoms with Gasteiger partial charge in [0.15, 0.2) is 0 Å². The summed E-state index contributed by atoms with van der Waals surface area (Å²) in [6, 6.07) is 4.04. The fraction of sp³-hybridized carbons (Fsp3) is 0.312. The first-order valence-corrected chi connectivity index (χ1v) is 6.75. The SMILES string of the molecule is Cc1cc(C)c(C)c(Oc2nnc(C)c(C)c2C(=N)N)c1. The Morgan fingerprint density at radius 3 is 2.33 bits per heavy atom. The molecule has 5 heteroatoms. The summed E-state index contributed by atoms with van der Waals surface area (Å²) in [7, 11) is 0. The van der Waals surface area contributed by atoms with E-state index in [1.165, 1.54) is 0 Å². The summed E-state index contributed by atoms with van der Waals surface area (Å²) in [5.41, 5.74) is 11.0. The molecule has 0 aliphatic rings. The third-order valence-electron chi connectivity index (χ3n) is 3.66. The van der Waals surface area contributed by atoms with Gasteiger partial charge in [-0.25, -0.2) is 0 Å². The molecule has 0 saturated carbocycles. The van der Waals surface area contributed by atoms with Crippen molar-refractivity contribution in [2.45, 2.75) is 34.6 Å². The number of rotatable bonds is 3. The lowest BCUT2D eigenvalue weighted by atomic mass is 10.1. The zero-order chi connectivity index (χ0) is 15.7. The second kappa shape index (κ2) is 5.52. The van der Waals surface area contributed by atoms with Gasteiger partial charge >= 0.3 is 0 Å². The van der Waals surface area contributed by atoms with Crippen LogP contribution in [0.1, 0.15) is 33.5 Å². The molecule has 0 aliphatic carbocycles. The van der Waals surface area contributed by atoms with Crippen molar-refractivity contribution >= 4 is 5.84 Å². The Morgan fingerprint density at radius 2 is 1.71 bits per heavy atom. The van der Waals surface area contributed by atoms with Gasteiger partial charge in [0.05, 0.1) is 11.3 Å². The first-order valence-electron chi connectivity index (χ1n) is 6.75. The van der Waals surface area contributed by atoms with Gasteiger partial charge in [0.25, 0.3) is 0 Å². The van der Waals surface area contributed by atoms with Crippen molar-refractivity contribution < 1.29 is 4.74 Å². The molecule has 0 fully saturated rings. The van der Waals surface area contributed by atoms with Gasteiger partial charge in [-0.15, -0.1) is 5.10 Å². The highest BCUT2D eigenvalue weighted by atomic mass is 16.5. The molecule has 110 valence electrons. The summed E-state index contributed by atoms with van der Waals surface area (Å²) >= 11 is 0. The number of aromatic nitrogens is 2. The van der Waals surface area contributed by atoms with Crippen molar-refractivity contribution in [2.75, 3.05) is 0 Å². The lowest BCUT2D eigenvalue weighted by Gasteiger charge is -2.15. The van der Waals surface area contributed by atoms with Crippen LogP contribution in [0.3, 0.4) is 0 Å². The van der Waals surface area contributed by atoms with E-state index >= 15 is 0 Å². The van der Waals surface area contributed by atoms with Crippen molar-refractivity contribution in [3.05, 3.63) is 45.6 Å². The number of ether oxygens (including phenoxy) is 1. The van der Waals surface area contributed by atoms with E-state index in [4.69, 9.17) is 15.9 Å². The third-order valence-corrected chi connectivity index (χ3v) is 3.66. The number of aryl methyl sites for hydroxylation is 3. The highest BCUT2D eigenvalue weighted by Gasteiger charge is 2.17. The molecule has 21 heavy (non-hydrogen) atoms. The molecule has 0 radical (unpaired) electrons. The Kier molecular flexibility index (Phi) is 3.93. The topological polar surface area (TPSA) is 84.9 Å². The number of nitrogens with two attached hydrogens (primary N) is 1. The molecular weight excluding hydrogens is 264 g/mol. The van der Waals surface area contributed by atoms with Crippen LogP contribution in [0.2, 0.25) is 0 Å². The average molecular weight is 284 g/mol. The van der Waals surface area contributed by atoms with Gasteiger partial charge in [-0.05, 0) is 62.9 Å². The molecule has 1 aromatic carbocycles. The summed E-state index contributed by atoms with van der Waals surface area (Å²) in [4.78, 5) is 0. The molecule has 0 unspecified atom stereocenters. The van der Waals surface area contributed by atoms with Crippen molar-refractivity contribution in [2.24, 2.45) is 5.73 Å². The van der Waals surface area contributed by atoms with Crippen LogP contribution in [0.15, 0.2) is 12.1 Å². The Balaban J connectivity index is 2.55. The van der Waals surface area contributed by atoms with Crippen LogP contribution in [0.5, 0.6) is 11.6 Å². The normalized spacial score (nSPS) is 10.5. The van der Waals surface area contributed by atoms with Gasteiger partial charge in [0, 0.05) is 0 Å². The molecule has 0 aliphatic heterocycles. The maximum atomic E-state index is 7.75. The third kappa shape index (κ3) is 2.86. The quantitative estimate of drug-likeness (QED) is 0.670. The maximum absolute atomic E-state index is 7.75. The smallest absolute Gasteiger partial charge is 0.250 e. The first kappa shape index (κ1) is 15.0. The van der Waals surface area contributed by atoms with Gasteiger partial charge in [0.1, 0.15) is 11.6 Å². The number of amidine groups is 1.